The summed E-state index contributed by atoms with van der Waals surface area (Å²) in [5.74, 6) is -1.75. The molecule has 0 aromatic carbocycles. The van der Waals surface area contributed by atoms with Crippen LogP contribution < -0.4 is 0 Å². The van der Waals surface area contributed by atoms with Crippen molar-refractivity contribution in [2.75, 3.05) is 0 Å². The van der Waals surface area contributed by atoms with E-state index in [9.17, 15) is 24.9 Å². The van der Waals surface area contributed by atoms with Gasteiger partial charge in [-0.1, -0.05) is 27.4 Å². The molecule has 0 amide bonds. The van der Waals surface area contributed by atoms with Gasteiger partial charge in [0.15, 0.2) is 5.78 Å². The second kappa shape index (κ2) is 4.81. The van der Waals surface area contributed by atoms with Gasteiger partial charge in [-0.25, -0.2) is 0 Å². The number of Topliss-reactive ketones (excluding diaryl/α,β-unsaturated/α-hetero) is 2. The first kappa shape index (κ1) is 17.4. The fourth-order valence-electron chi connectivity index (χ4n) is 7.10. The van der Waals surface area contributed by atoms with Gasteiger partial charge in [-0.3, -0.25) is 9.59 Å². The van der Waals surface area contributed by atoms with Crippen molar-refractivity contribution >= 4 is 11.6 Å². The minimum Gasteiger partial charge on any atom is -0.393 e. The maximum absolute atomic E-state index is 13.1. The molecule has 4 fully saturated rings. The van der Waals surface area contributed by atoms with Crippen LogP contribution in [0.4, 0.5) is 0 Å². The SMILES string of the molecule is C=C1C(=O)C23C(O)CC4C(C)(C)C(O)CCC4(C)C2CC(=O)C1C3O. The molecule has 0 saturated heterocycles. The van der Waals surface area contributed by atoms with E-state index in [0.29, 0.717) is 19.3 Å². The molecule has 4 aliphatic carbocycles. The number of hydrogen-bond acceptors (Lipinski definition) is 5. The molecular formula is C20H28O5. The average molecular weight is 348 g/mol. The molecule has 0 heterocycles. The maximum atomic E-state index is 13.1. The van der Waals surface area contributed by atoms with Crippen molar-refractivity contribution in [3.63, 3.8) is 0 Å². The van der Waals surface area contributed by atoms with E-state index >= 15 is 0 Å². The summed E-state index contributed by atoms with van der Waals surface area (Å²) in [5, 5.41) is 32.6. The molecule has 0 aromatic rings. The molecule has 5 heteroatoms. The Bertz CT molecular complexity index is 682. The molecule has 4 rings (SSSR count). The highest BCUT2D eigenvalue weighted by molar-refractivity contribution is 6.12. The lowest BCUT2D eigenvalue weighted by molar-refractivity contribution is -0.235. The summed E-state index contributed by atoms with van der Waals surface area (Å²) in [6.07, 6.45) is -0.828. The van der Waals surface area contributed by atoms with Gasteiger partial charge in [-0.05, 0) is 41.9 Å². The molecule has 4 aliphatic rings. The summed E-state index contributed by atoms with van der Waals surface area (Å²) in [5.41, 5.74) is -1.95. The average Bonchev–Trinajstić information content (AvgIpc) is 2.66. The molecule has 1 spiro atoms. The van der Waals surface area contributed by atoms with Gasteiger partial charge in [0.05, 0.1) is 29.6 Å². The van der Waals surface area contributed by atoms with Crippen LogP contribution in [0, 0.1) is 34.0 Å². The molecule has 138 valence electrons. The summed E-state index contributed by atoms with van der Waals surface area (Å²) >= 11 is 0. The van der Waals surface area contributed by atoms with Gasteiger partial charge in [-0.2, -0.15) is 0 Å². The van der Waals surface area contributed by atoms with Crippen LogP contribution in [-0.2, 0) is 9.59 Å². The third-order valence-electron chi connectivity index (χ3n) is 8.51. The van der Waals surface area contributed by atoms with Gasteiger partial charge < -0.3 is 15.3 Å². The van der Waals surface area contributed by atoms with Crippen molar-refractivity contribution in [2.24, 2.45) is 34.0 Å². The molecule has 0 aromatic heterocycles. The summed E-state index contributed by atoms with van der Waals surface area (Å²) in [6, 6.07) is 0. The Balaban J connectivity index is 1.91. The first-order valence-corrected chi connectivity index (χ1v) is 9.31. The van der Waals surface area contributed by atoms with Crippen LogP contribution in [0.2, 0.25) is 0 Å². The van der Waals surface area contributed by atoms with Crippen molar-refractivity contribution in [3.8, 4) is 0 Å². The van der Waals surface area contributed by atoms with Gasteiger partial charge in [0.2, 0.25) is 0 Å². The van der Waals surface area contributed by atoms with E-state index < -0.39 is 41.0 Å². The van der Waals surface area contributed by atoms with E-state index in [-0.39, 0.29) is 34.9 Å². The van der Waals surface area contributed by atoms with Crippen LogP contribution >= 0.6 is 0 Å². The minimum atomic E-state index is -1.31. The predicted molar refractivity (Wildman–Crippen MR) is 90.4 cm³/mol. The maximum Gasteiger partial charge on any atom is 0.170 e. The number of carbonyl (C=O) groups is 2. The Labute approximate surface area is 148 Å². The number of aliphatic hydroxyl groups is 3. The molecule has 0 aliphatic heterocycles. The molecule has 4 saturated carbocycles. The van der Waals surface area contributed by atoms with Gasteiger partial charge in [-0.15, -0.1) is 0 Å². The third-order valence-corrected chi connectivity index (χ3v) is 8.51. The van der Waals surface area contributed by atoms with Crippen LogP contribution in [0.15, 0.2) is 12.2 Å². The van der Waals surface area contributed by atoms with Crippen LogP contribution in [0.5, 0.6) is 0 Å². The Morgan fingerprint density at radius 3 is 2.32 bits per heavy atom. The van der Waals surface area contributed by atoms with Crippen molar-refractivity contribution < 1.29 is 24.9 Å². The molecular weight excluding hydrogens is 320 g/mol. The Hall–Kier alpha value is -1.04. The van der Waals surface area contributed by atoms with Gasteiger partial charge >= 0.3 is 0 Å². The zero-order valence-corrected chi connectivity index (χ0v) is 15.2. The van der Waals surface area contributed by atoms with Crippen LogP contribution in [0.25, 0.3) is 0 Å². The van der Waals surface area contributed by atoms with Gasteiger partial charge in [0.25, 0.3) is 0 Å². The second-order valence-corrected chi connectivity index (χ2v) is 9.62. The molecule has 2 bridgehead atoms. The van der Waals surface area contributed by atoms with Crippen LogP contribution in [-0.4, -0.2) is 45.2 Å². The number of aliphatic hydroxyl groups excluding tert-OH is 3. The highest BCUT2D eigenvalue weighted by atomic mass is 16.3. The Kier molecular flexibility index (Phi) is 3.35. The van der Waals surface area contributed by atoms with E-state index in [4.69, 9.17) is 0 Å². The highest BCUT2D eigenvalue weighted by Gasteiger charge is 2.75. The molecule has 5 nitrogen and oxygen atoms in total. The zero-order valence-electron chi connectivity index (χ0n) is 15.2. The molecule has 0 radical (unpaired) electrons. The lowest BCUT2D eigenvalue weighted by Crippen LogP contribution is -2.69. The van der Waals surface area contributed by atoms with E-state index in [2.05, 4.69) is 13.5 Å². The largest absolute Gasteiger partial charge is 0.393 e. The minimum absolute atomic E-state index is 0.0207. The third kappa shape index (κ3) is 1.70. The topological polar surface area (TPSA) is 94.8 Å². The quantitative estimate of drug-likeness (QED) is 0.573. The standard InChI is InChI=1S/C20H28O5/c1-9-15-10(21)7-12-19(4)6-5-13(22)18(2,3)11(19)8-14(23)20(12,16(9)24)17(15)25/h11-15,17,22-23,25H,1,5-8H2,2-4H3. The monoisotopic (exact) mass is 348 g/mol. The van der Waals surface area contributed by atoms with Crippen molar-refractivity contribution in [3.05, 3.63) is 12.2 Å². The van der Waals surface area contributed by atoms with Crippen LogP contribution in [0.1, 0.15) is 46.5 Å². The number of hydrogen-bond donors (Lipinski definition) is 3. The van der Waals surface area contributed by atoms with Crippen molar-refractivity contribution in [1.82, 2.24) is 0 Å². The first-order chi connectivity index (χ1) is 11.5. The molecule has 25 heavy (non-hydrogen) atoms. The Morgan fingerprint density at radius 1 is 1.04 bits per heavy atom. The van der Waals surface area contributed by atoms with Crippen molar-refractivity contribution in [1.29, 1.82) is 0 Å². The van der Waals surface area contributed by atoms with E-state index in [1.807, 2.05) is 13.8 Å². The predicted octanol–water partition coefficient (Wildman–Crippen LogP) is 1.25. The van der Waals surface area contributed by atoms with E-state index in [0.717, 1.165) is 0 Å². The lowest BCUT2D eigenvalue weighted by Gasteiger charge is -2.65. The summed E-state index contributed by atoms with van der Waals surface area (Å²) < 4.78 is 0. The number of carbonyl (C=O) groups excluding carboxylic acids is 2. The fraction of sp³-hybridized carbons (Fsp3) is 0.800. The number of ketones is 2. The Morgan fingerprint density at radius 2 is 1.68 bits per heavy atom. The zero-order chi connectivity index (χ0) is 18.5. The highest BCUT2D eigenvalue weighted by Crippen LogP contribution is 2.70. The lowest BCUT2D eigenvalue weighted by atomic mass is 9.39. The van der Waals surface area contributed by atoms with Crippen molar-refractivity contribution in [2.45, 2.75) is 64.8 Å². The first-order valence-electron chi connectivity index (χ1n) is 9.31. The summed E-state index contributed by atoms with van der Waals surface area (Å²) in [7, 11) is 0. The normalized spacial score (nSPS) is 54.2. The fourth-order valence-corrected chi connectivity index (χ4v) is 7.10. The van der Waals surface area contributed by atoms with Gasteiger partial charge in [0.1, 0.15) is 5.78 Å². The van der Waals surface area contributed by atoms with Crippen LogP contribution in [0.3, 0.4) is 0 Å². The summed E-state index contributed by atoms with van der Waals surface area (Å²) in [6.45, 7) is 9.87. The number of fused-ring (bicyclic) bond motifs is 3. The molecule has 8 atom stereocenters. The van der Waals surface area contributed by atoms with Gasteiger partial charge in [0, 0.05) is 12.0 Å². The number of rotatable bonds is 0. The van der Waals surface area contributed by atoms with E-state index in [1.165, 1.54) is 0 Å². The molecule has 3 N–H and O–H groups in total. The second-order valence-electron chi connectivity index (χ2n) is 9.62. The summed E-state index contributed by atoms with van der Waals surface area (Å²) in [4.78, 5) is 25.8. The molecule has 8 unspecified atom stereocenters. The smallest absolute Gasteiger partial charge is 0.170 e. The van der Waals surface area contributed by atoms with E-state index in [1.54, 1.807) is 0 Å².